The Morgan fingerprint density at radius 3 is 2.45 bits per heavy atom. The highest BCUT2D eigenvalue weighted by Crippen LogP contribution is 2.20. The number of aromatic nitrogens is 3. The van der Waals surface area contributed by atoms with Crippen molar-refractivity contribution in [3.05, 3.63) is 66.0 Å². The maximum Gasteiger partial charge on any atom is 0.259 e. The van der Waals surface area contributed by atoms with Crippen LogP contribution in [0.1, 0.15) is 15.9 Å². The van der Waals surface area contributed by atoms with Gasteiger partial charge in [0.05, 0.1) is 0 Å². The highest BCUT2D eigenvalue weighted by Gasteiger charge is 2.08. The topological polar surface area (TPSA) is 100 Å². The molecule has 29 heavy (non-hydrogen) atoms. The predicted octanol–water partition coefficient (Wildman–Crippen LogP) is 2.82. The summed E-state index contributed by atoms with van der Waals surface area (Å²) in [6, 6.07) is 14.3. The highest BCUT2D eigenvalue weighted by atomic mass is 32.2. The van der Waals surface area contributed by atoms with Crippen LogP contribution in [0.5, 0.6) is 5.75 Å². The smallest absolute Gasteiger partial charge is 0.259 e. The Morgan fingerprint density at radius 1 is 1.10 bits per heavy atom. The van der Waals surface area contributed by atoms with Crippen LogP contribution < -0.4 is 10.1 Å². The molecule has 150 valence electrons. The Labute approximate surface area is 172 Å². The maximum absolute atomic E-state index is 12.4. The van der Waals surface area contributed by atoms with Gasteiger partial charge in [0, 0.05) is 31.1 Å². The molecule has 0 spiro atoms. The molecular formula is C20H21N5O3S. The molecular weight excluding hydrogens is 390 g/mol. The second kappa shape index (κ2) is 9.74. The lowest BCUT2D eigenvalue weighted by atomic mass is 10.1. The summed E-state index contributed by atoms with van der Waals surface area (Å²) in [6.45, 7) is -0.0280. The predicted molar refractivity (Wildman–Crippen MR) is 111 cm³/mol. The molecule has 0 radical (unpaired) electrons. The van der Waals surface area contributed by atoms with E-state index in [4.69, 9.17) is 4.74 Å². The Morgan fingerprint density at radius 2 is 1.83 bits per heavy atom. The van der Waals surface area contributed by atoms with Gasteiger partial charge in [0.15, 0.2) is 11.8 Å². The van der Waals surface area contributed by atoms with E-state index in [-0.39, 0.29) is 18.4 Å². The van der Waals surface area contributed by atoms with Crippen molar-refractivity contribution in [1.82, 2.24) is 20.1 Å². The second-order valence-electron chi connectivity index (χ2n) is 6.33. The Hall–Kier alpha value is -3.33. The first kappa shape index (κ1) is 20.4. The van der Waals surface area contributed by atoms with Gasteiger partial charge in [0.1, 0.15) is 12.1 Å². The largest absolute Gasteiger partial charge is 0.484 e. The summed E-state index contributed by atoms with van der Waals surface area (Å²) in [5, 5.41) is 10.2. The van der Waals surface area contributed by atoms with Gasteiger partial charge in [0.2, 0.25) is 0 Å². The summed E-state index contributed by atoms with van der Waals surface area (Å²) < 4.78 is 5.42. The standard InChI is InChI=1S/C20H21N5O3S/c1-25(2)18(26)11-28-17-9-7-16(8-10-17)23-19(27)15-5-3-14(4-6-15)12-29-20-21-13-22-24-20/h3-10,13H,11-12H2,1-2H3,(H,23,27)(H,21,22,24). The van der Waals surface area contributed by atoms with Crippen molar-refractivity contribution in [2.75, 3.05) is 26.0 Å². The van der Waals surface area contributed by atoms with Gasteiger partial charge in [-0.15, -0.1) is 0 Å². The van der Waals surface area contributed by atoms with Gasteiger partial charge < -0.3 is 15.0 Å². The molecule has 1 aromatic heterocycles. The number of aromatic amines is 1. The minimum Gasteiger partial charge on any atom is -0.484 e. The van der Waals surface area contributed by atoms with Crippen LogP contribution in [0.3, 0.4) is 0 Å². The minimum atomic E-state index is -0.198. The molecule has 2 aromatic carbocycles. The van der Waals surface area contributed by atoms with Crippen molar-refractivity contribution in [2.45, 2.75) is 10.9 Å². The Balaban J connectivity index is 1.51. The van der Waals surface area contributed by atoms with E-state index in [1.54, 1.807) is 62.3 Å². The van der Waals surface area contributed by atoms with Crippen molar-refractivity contribution in [3.8, 4) is 5.75 Å². The molecule has 3 rings (SSSR count). The zero-order valence-electron chi connectivity index (χ0n) is 16.1. The van der Waals surface area contributed by atoms with Gasteiger partial charge in [-0.3, -0.25) is 14.7 Å². The Bertz CT molecular complexity index is 941. The van der Waals surface area contributed by atoms with Crippen molar-refractivity contribution in [2.24, 2.45) is 0 Å². The number of thioether (sulfide) groups is 1. The normalized spacial score (nSPS) is 10.4. The van der Waals surface area contributed by atoms with E-state index in [0.29, 0.717) is 17.0 Å². The number of hydrogen-bond donors (Lipinski definition) is 2. The molecule has 0 saturated heterocycles. The minimum absolute atomic E-state index is 0.0280. The van der Waals surface area contributed by atoms with Crippen molar-refractivity contribution < 1.29 is 14.3 Å². The van der Waals surface area contributed by atoms with E-state index in [1.165, 1.54) is 11.2 Å². The summed E-state index contributed by atoms with van der Waals surface area (Å²) >= 11 is 1.54. The number of anilines is 1. The summed E-state index contributed by atoms with van der Waals surface area (Å²) in [5.41, 5.74) is 2.29. The molecule has 0 saturated carbocycles. The number of hydrogen-bond acceptors (Lipinski definition) is 6. The fraction of sp³-hybridized carbons (Fsp3) is 0.200. The molecule has 0 aliphatic rings. The van der Waals surface area contributed by atoms with Crippen LogP contribution in [-0.2, 0) is 10.5 Å². The Kier molecular flexibility index (Phi) is 6.85. The SMILES string of the molecule is CN(C)C(=O)COc1ccc(NC(=O)c2ccc(CSc3ncn[nH]3)cc2)cc1. The summed E-state index contributed by atoms with van der Waals surface area (Å²) in [4.78, 5) is 29.5. The lowest BCUT2D eigenvalue weighted by molar-refractivity contribution is -0.130. The molecule has 0 atom stereocenters. The molecule has 0 fully saturated rings. The fourth-order valence-corrected chi connectivity index (χ4v) is 3.01. The van der Waals surface area contributed by atoms with Crippen LogP contribution in [-0.4, -0.2) is 52.6 Å². The lowest BCUT2D eigenvalue weighted by Gasteiger charge is -2.12. The number of benzene rings is 2. The van der Waals surface area contributed by atoms with Crippen LogP contribution in [0.25, 0.3) is 0 Å². The number of carbonyl (C=O) groups excluding carboxylic acids is 2. The summed E-state index contributed by atoms with van der Waals surface area (Å²) in [7, 11) is 3.35. The van der Waals surface area contributed by atoms with E-state index < -0.39 is 0 Å². The zero-order chi connectivity index (χ0) is 20.6. The molecule has 3 aromatic rings. The molecule has 2 amide bonds. The summed E-state index contributed by atoms with van der Waals surface area (Å²) in [5.74, 6) is 0.974. The number of nitrogens with zero attached hydrogens (tertiary/aromatic N) is 3. The van der Waals surface area contributed by atoms with E-state index >= 15 is 0 Å². The molecule has 2 N–H and O–H groups in total. The number of likely N-dealkylation sites (N-methyl/N-ethyl adjacent to an activating group) is 1. The number of amides is 2. The first-order valence-corrected chi connectivity index (χ1v) is 9.81. The van der Waals surface area contributed by atoms with Gasteiger partial charge in [-0.05, 0) is 42.0 Å². The molecule has 8 nitrogen and oxygen atoms in total. The average Bonchev–Trinajstić information content (AvgIpc) is 3.25. The number of ether oxygens (including phenoxy) is 1. The van der Waals surface area contributed by atoms with Crippen LogP contribution in [0.2, 0.25) is 0 Å². The van der Waals surface area contributed by atoms with E-state index in [0.717, 1.165) is 16.5 Å². The first-order chi connectivity index (χ1) is 14.0. The van der Waals surface area contributed by atoms with E-state index in [9.17, 15) is 9.59 Å². The van der Waals surface area contributed by atoms with Gasteiger partial charge in [-0.2, -0.15) is 5.10 Å². The second-order valence-corrected chi connectivity index (χ2v) is 7.30. The molecule has 1 heterocycles. The lowest BCUT2D eigenvalue weighted by Crippen LogP contribution is -2.27. The van der Waals surface area contributed by atoms with Crippen molar-refractivity contribution >= 4 is 29.3 Å². The first-order valence-electron chi connectivity index (χ1n) is 8.83. The van der Waals surface area contributed by atoms with Crippen molar-refractivity contribution in [3.63, 3.8) is 0 Å². The average molecular weight is 411 g/mol. The number of nitrogens with one attached hydrogen (secondary N) is 2. The van der Waals surface area contributed by atoms with Gasteiger partial charge in [-0.25, -0.2) is 4.98 Å². The fourth-order valence-electron chi connectivity index (χ4n) is 2.28. The third-order valence-electron chi connectivity index (χ3n) is 3.96. The summed E-state index contributed by atoms with van der Waals surface area (Å²) in [6.07, 6.45) is 1.47. The van der Waals surface area contributed by atoms with Crippen LogP contribution in [0, 0.1) is 0 Å². The third-order valence-corrected chi connectivity index (χ3v) is 4.91. The highest BCUT2D eigenvalue weighted by molar-refractivity contribution is 7.98. The number of H-pyrrole nitrogens is 1. The monoisotopic (exact) mass is 411 g/mol. The number of rotatable bonds is 8. The maximum atomic E-state index is 12.4. The van der Waals surface area contributed by atoms with Gasteiger partial charge in [-0.1, -0.05) is 23.9 Å². The molecule has 0 unspecified atom stereocenters. The number of carbonyl (C=O) groups is 2. The molecule has 9 heteroatoms. The third kappa shape index (κ3) is 6.08. The van der Waals surface area contributed by atoms with E-state index in [2.05, 4.69) is 20.5 Å². The quantitative estimate of drug-likeness (QED) is 0.553. The van der Waals surface area contributed by atoms with Crippen LogP contribution >= 0.6 is 11.8 Å². The van der Waals surface area contributed by atoms with Gasteiger partial charge >= 0.3 is 0 Å². The van der Waals surface area contributed by atoms with E-state index in [1.807, 2.05) is 12.1 Å². The van der Waals surface area contributed by atoms with Crippen LogP contribution in [0.4, 0.5) is 5.69 Å². The molecule has 0 aliphatic carbocycles. The van der Waals surface area contributed by atoms with Crippen molar-refractivity contribution in [1.29, 1.82) is 0 Å². The zero-order valence-corrected chi connectivity index (χ0v) is 16.9. The molecule has 0 aliphatic heterocycles. The molecule has 0 bridgehead atoms. The van der Waals surface area contributed by atoms with Crippen LogP contribution in [0.15, 0.2) is 60.0 Å². The van der Waals surface area contributed by atoms with Gasteiger partial charge in [0.25, 0.3) is 11.8 Å².